The van der Waals surface area contributed by atoms with Crippen molar-refractivity contribution < 1.29 is 18.3 Å². The van der Waals surface area contributed by atoms with E-state index in [-0.39, 0.29) is 5.91 Å². The average Bonchev–Trinajstić information content (AvgIpc) is 2.75. The number of amides is 1. The van der Waals surface area contributed by atoms with Gasteiger partial charge in [-0.05, 0) is 48.4 Å². The molecule has 2 aromatic rings. The fourth-order valence-electron chi connectivity index (χ4n) is 3.36. The first-order valence-corrected chi connectivity index (χ1v) is 11.4. The maximum Gasteiger partial charge on any atom is 0.259 e. The highest BCUT2D eigenvalue weighted by Crippen LogP contribution is 2.17. The second kappa shape index (κ2) is 11.1. The quantitative estimate of drug-likeness (QED) is 0.470. The standard InChI is InChI=1S/C22H29N3O4S/c1-2-3-16-29-21-10-4-18(5-11-21)17-24-12-14-25(15-13-24)22(26)19-6-8-20(9-7-19)23-30(27)28/h4-11,23H,2-3,12-17H2,1H3,(H,27,28). The second-order valence-corrected chi connectivity index (χ2v) is 8.05. The van der Waals surface area contributed by atoms with Crippen LogP contribution in [0.5, 0.6) is 5.75 Å². The zero-order valence-electron chi connectivity index (χ0n) is 17.3. The molecule has 0 bridgehead atoms. The molecule has 1 fully saturated rings. The third-order valence-electron chi connectivity index (χ3n) is 5.09. The number of carbonyl (C=O) groups is 1. The molecular formula is C22H29N3O4S. The Morgan fingerprint density at radius 3 is 2.33 bits per heavy atom. The monoisotopic (exact) mass is 431 g/mol. The summed E-state index contributed by atoms with van der Waals surface area (Å²) in [7, 11) is 0. The molecule has 0 aromatic heterocycles. The zero-order valence-corrected chi connectivity index (χ0v) is 18.1. The van der Waals surface area contributed by atoms with Gasteiger partial charge in [-0.3, -0.25) is 19.0 Å². The lowest BCUT2D eigenvalue weighted by atomic mass is 10.1. The Balaban J connectivity index is 1.46. The van der Waals surface area contributed by atoms with E-state index < -0.39 is 11.3 Å². The number of unbranched alkanes of at least 4 members (excludes halogenated alkanes) is 1. The summed E-state index contributed by atoms with van der Waals surface area (Å²) in [5.41, 5.74) is 2.32. The number of rotatable bonds is 9. The van der Waals surface area contributed by atoms with Crippen LogP contribution in [-0.4, -0.2) is 57.3 Å². The third kappa shape index (κ3) is 6.55. The lowest BCUT2D eigenvalue weighted by Gasteiger charge is -2.34. The van der Waals surface area contributed by atoms with Crippen molar-refractivity contribution in [3.8, 4) is 5.75 Å². The molecule has 1 amide bonds. The highest BCUT2D eigenvalue weighted by molar-refractivity contribution is 7.80. The smallest absolute Gasteiger partial charge is 0.259 e. The Kier molecular flexibility index (Phi) is 8.24. The molecule has 3 rings (SSSR count). The van der Waals surface area contributed by atoms with E-state index in [2.05, 4.69) is 28.7 Å². The van der Waals surface area contributed by atoms with Crippen molar-refractivity contribution in [2.45, 2.75) is 26.3 Å². The molecule has 162 valence electrons. The Labute approximate surface area is 180 Å². The molecule has 8 heteroatoms. The van der Waals surface area contributed by atoms with Crippen LogP contribution in [-0.2, 0) is 17.8 Å². The van der Waals surface area contributed by atoms with Crippen LogP contribution in [0.2, 0.25) is 0 Å². The van der Waals surface area contributed by atoms with Crippen LogP contribution >= 0.6 is 0 Å². The van der Waals surface area contributed by atoms with Gasteiger partial charge in [0.1, 0.15) is 5.75 Å². The summed E-state index contributed by atoms with van der Waals surface area (Å²) in [6.07, 6.45) is 2.19. The van der Waals surface area contributed by atoms with Gasteiger partial charge in [0.15, 0.2) is 0 Å². The van der Waals surface area contributed by atoms with E-state index in [0.717, 1.165) is 44.8 Å². The minimum Gasteiger partial charge on any atom is -0.494 e. The van der Waals surface area contributed by atoms with Gasteiger partial charge in [-0.15, -0.1) is 0 Å². The number of ether oxygens (including phenoxy) is 1. The van der Waals surface area contributed by atoms with Crippen LogP contribution in [0.1, 0.15) is 35.7 Å². The van der Waals surface area contributed by atoms with Gasteiger partial charge >= 0.3 is 0 Å². The van der Waals surface area contributed by atoms with Crippen molar-refractivity contribution in [1.29, 1.82) is 0 Å². The van der Waals surface area contributed by atoms with E-state index >= 15 is 0 Å². The van der Waals surface area contributed by atoms with Gasteiger partial charge in [-0.1, -0.05) is 25.5 Å². The minimum atomic E-state index is -2.12. The van der Waals surface area contributed by atoms with Gasteiger partial charge in [0.05, 0.1) is 6.61 Å². The van der Waals surface area contributed by atoms with E-state index in [1.165, 1.54) is 5.56 Å². The molecule has 2 aromatic carbocycles. The number of piperazine rings is 1. The topological polar surface area (TPSA) is 82.1 Å². The lowest BCUT2D eigenvalue weighted by Crippen LogP contribution is -2.48. The van der Waals surface area contributed by atoms with Crippen LogP contribution in [0.25, 0.3) is 0 Å². The number of nitrogens with one attached hydrogen (secondary N) is 1. The summed E-state index contributed by atoms with van der Waals surface area (Å²) < 4.78 is 27.7. The minimum absolute atomic E-state index is 0.0140. The Hall–Kier alpha value is -2.42. The molecule has 1 unspecified atom stereocenters. The van der Waals surface area contributed by atoms with Crippen LogP contribution in [0.3, 0.4) is 0 Å². The normalized spacial score (nSPS) is 15.6. The van der Waals surface area contributed by atoms with E-state index in [1.54, 1.807) is 24.3 Å². The average molecular weight is 432 g/mol. The summed E-state index contributed by atoms with van der Waals surface area (Å²) in [6.45, 7) is 6.76. The fraction of sp³-hybridized carbons (Fsp3) is 0.409. The summed E-state index contributed by atoms with van der Waals surface area (Å²) in [5.74, 6) is 0.897. The van der Waals surface area contributed by atoms with Crippen molar-refractivity contribution in [3.63, 3.8) is 0 Å². The molecule has 1 heterocycles. The molecule has 0 radical (unpaired) electrons. The number of carbonyl (C=O) groups excluding carboxylic acids is 1. The molecule has 1 aliphatic heterocycles. The van der Waals surface area contributed by atoms with Crippen molar-refractivity contribution in [2.75, 3.05) is 37.5 Å². The Morgan fingerprint density at radius 2 is 1.73 bits per heavy atom. The van der Waals surface area contributed by atoms with E-state index in [1.807, 2.05) is 17.0 Å². The van der Waals surface area contributed by atoms with Crippen molar-refractivity contribution >= 4 is 22.9 Å². The zero-order chi connectivity index (χ0) is 21.3. The first-order valence-electron chi connectivity index (χ1n) is 10.3. The Morgan fingerprint density at radius 1 is 1.07 bits per heavy atom. The van der Waals surface area contributed by atoms with Crippen LogP contribution in [0, 0.1) is 0 Å². The van der Waals surface area contributed by atoms with Gasteiger partial charge in [0.25, 0.3) is 17.2 Å². The molecule has 0 spiro atoms. The highest BCUT2D eigenvalue weighted by Gasteiger charge is 2.22. The van der Waals surface area contributed by atoms with Crippen LogP contribution in [0.15, 0.2) is 48.5 Å². The predicted molar refractivity (Wildman–Crippen MR) is 119 cm³/mol. The number of nitrogens with zero attached hydrogens (tertiary/aromatic N) is 2. The summed E-state index contributed by atoms with van der Waals surface area (Å²) in [4.78, 5) is 16.9. The maximum atomic E-state index is 12.7. The number of benzene rings is 2. The Bertz CT molecular complexity index is 834. The van der Waals surface area contributed by atoms with Gasteiger partial charge in [0.2, 0.25) is 0 Å². The maximum absolute atomic E-state index is 12.7. The molecule has 1 saturated heterocycles. The van der Waals surface area contributed by atoms with Crippen molar-refractivity contribution in [3.05, 3.63) is 59.7 Å². The highest BCUT2D eigenvalue weighted by atomic mass is 32.2. The van der Waals surface area contributed by atoms with E-state index in [4.69, 9.17) is 9.29 Å². The molecule has 1 aliphatic rings. The fourth-order valence-corrected chi connectivity index (χ4v) is 3.69. The van der Waals surface area contributed by atoms with E-state index in [9.17, 15) is 9.00 Å². The predicted octanol–water partition coefficient (Wildman–Crippen LogP) is 3.37. The van der Waals surface area contributed by atoms with Crippen molar-refractivity contribution in [1.82, 2.24) is 9.80 Å². The largest absolute Gasteiger partial charge is 0.494 e. The summed E-state index contributed by atoms with van der Waals surface area (Å²) in [5, 5.41) is 0. The molecule has 0 saturated carbocycles. The van der Waals surface area contributed by atoms with Crippen LogP contribution < -0.4 is 9.46 Å². The molecule has 30 heavy (non-hydrogen) atoms. The second-order valence-electron chi connectivity index (χ2n) is 7.34. The number of hydrogen-bond acceptors (Lipinski definition) is 4. The lowest BCUT2D eigenvalue weighted by molar-refractivity contribution is 0.0628. The molecular weight excluding hydrogens is 402 g/mol. The first kappa shape index (κ1) is 22.3. The number of hydrogen-bond donors (Lipinski definition) is 2. The molecule has 1 atom stereocenters. The van der Waals surface area contributed by atoms with Crippen LogP contribution in [0.4, 0.5) is 5.69 Å². The SMILES string of the molecule is CCCCOc1ccc(CN2CCN(C(=O)c3ccc(NS(=O)O)cc3)CC2)cc1. The summed E-state index contributed by atoms with van der Waals surface area (Å²) in [6, 6.07) is 14.9. The van der Waals surface area contributed by atoms with Gasteiger partial charge in [0, 0.05) is 44.0 Å². The third-order valence-corrected chi connectivity index (χ3v) is 5.50. The number of anilines is 1. The molecule has 0 aliphatic carbocycles. The van der Waals surface area contributed by atoms with Crippen molar-refractivity contribution in [2.24, 2.45) is 0 Å². The first-order chi connectivity index (χ1) is 14.5. The van der Waals surface area contributed by atoms with Gasteiger partial charge < -0.3 is 9.64 Å². The van der Waals surface area contributed by atoms with E-state index in [0.29, 0.717) is 24.3 Å². The van der Waals surface area contributed by atoms with Gasteiger partial charge in [-0.2, -0.15) is 0 Å². The van der Waals surface area contributed by atoms with Gasteiger partial charge in [-0.25, -0.2) is 4.21 Å². The molecule has 7 nitrogen and oxygen atoms in total. The molecule has 2 N–H and O–H groups in total. The summed E-state index contributed by atoms with van der Waals surface area (Å²) >= 11 is -2.12.